The zero-order valence-corrected chi connectivity index (χ0v) is 11.6. The van der Waals surface area contributed by atoms with Gasteiger partial charge < -0.3 is 10.8 Å². The van der Waals surface area contributed by atoms with E-state index in [1.807, 2.05) is 0 Å². The maximum absolute atomic E-state index is 9.40. The lowest BCUT2D eigenvalue weighted by atomic mass is 9.94. The van der Waals surface area contributed by atoms with Gasteiger partial charge in [0.1, 0.15) is 12.1 Å². The van der Waals surface area contributed by atoms with Crippen LogP contribution in [0.4, 0.5) is 5.82 Å². The molecule has 0 aliphatic heterocycles. The average molecular weight is 261 g/mol. The maximum Gasteiger partial charge on any atom is 0.130 e. The summed E-state index contributed by atoms with van der Waals surface area (Å²) in [6.45, 7) is 2.47. The molecule has 19 heavy (non-hydrogen) atoms. The Morgan fingerprint density at radius 1 is 1.37 bits per heavy atom. The van der Waals surface area contributed by atoms with Crippen LogP contribution in [0.25, 0.3) is 5.57 Å². The van der Waals surface area contributed by atoms with Crippen LogP contribution in [-0.4, -0.2) is 21.7 Å². The van der Waals surface area contributed by atoms with Crippen LogP contribution in [0.15, 0.2) is 12.4 Å². The summed E-state index contributed by atoms with van der Waals surface area (Å²) in [7, 11) is 0. The van der Waals surface area contributed by atoms with Crippen LogP contribution in [0.3, 0.4) is 0 Å². The SMILES string of the molecule is CCCC[C@@H](CO)CCC1=CCc2c(N)ncnc21. The maximum atomic E-state index is 9.40. The lowest BCUT2D eigenvalue weighted by Crippen LogP contribution is -2.06. The third-order valence-electron chi connectivity index (χ3n) is 3.88. The Morgan fingerprint density at radius 3 is 2.95 bits per heavy atom. The van der Waals surface area contributed by atoms with Gasteiger partial charge in [-0.25, -0.2) is 9.97 Å². The summed E-state index contributed by atoms with van der Waals surface area (Å²) in [6.07, 6.45) is 10.1. The van der Waals surface area contributed by atoms with Gasteiger partial charge in [-0.3, -0.25) is 0 Å². The number of hydrogen-bond acceptors (Lipinski definition) is 4. The van der Waals surface area contributed by atoms with Crippen molar-refractivity contribution in [1.29, 1.82) is 0 Å². The average Bonchev–Trinajstić information content (AvgIpc) is 2.84. The number of hydrogen-bond donors (Lipinski definition) is 2. The van der Waals surface area contributed by atoms with Crippen LogP contribution >= 0.6 is 0 Å². The summed E-state index contributed by atoms with van der Waals surface area (Å²) in [4.78, 5) is 8.38. The van der Waals surface area contributed by atoms with Gasteiger partial charge in [0, 0.05) is 12.2 Å². The molecule has 0 aromatic carbocycles. The minimum absolute atomic E-state index is 0.284. The first-order valence-electron chi connectivity index (χ1n) is 7.15. The molecule has 0 amide bonds. The Kier molecular flexibility index (Phi) is 4.91. The smallest absolute Gasteiger partial charge is 0.130 e. The number of aliphatic hydroxyl groups is 1. The van der Waals surface area contributed by atoms with Gasteiger partial charge in [0.2, 0.25) is 0 Å². The van der Waals surface area contributed by atoms with Crippen LogP contribution in [0.2, 0.25) is 0 Å². The minimum atomic E-state index is 0.284. The molecule has 0 bridgehead atoms. The standard InChI is InChI=1S/C15H23N3O/c1-2-3-4-11(9-19)5-6-12-7-8-13-14(12)17-10-18-15(13)16/h7,10-11,19H,2-6,8-9H2,1H3,(H2,16,17,18)/t11-/m1/s1. The van der Waals surface area contributed by atoms with Crippen LogP contribution in [0.1, 0.15) is 50.3 Å². The summed E-state index contributed by atoms with van der Waals surface area (Å²) >= 11 is 0. The van der Waals surface area contributed by atoms with Crippen LogP contribution in [-0.2, 0) is 6.42 Å². The van der Waals surface area contributed by atoms with Gasteiger partial charge in [-0.05, 0) is 37.2 Å². The molecule has 1 aliphatic carbocycles. The second-order valence-corrected chi connectivity index (χ2v) is 5.25. The molecule has 1 heterocycles. The van der Waals surface area contributed by atoms with Gasteiger partial charge in [0.15, 0.2) is 0 Å². The molecule has 1 atom stereocenters. The molecule has 0 saturated carbocycles. The molecule has 1 aliphatic rings. The second-order valence-electron chi connectivity index (χ2n) is 5.25. The fraction of sp³-hybridized carbons (Fsp3) is 0.600. The predicted octanol–water partition coefficient (Wildman–Crippen LogP) is 2.58. The molecule has 104 valence electrons. The number of nitrogens with two attached hydrogens (primary N) is 1. The third-order valence-corrected chi connectivity index (χ3v) is 3.88. The first-order chi connectivity index (χ1) is 9.26. The number of aromatic nitrogens is 2. The molecule has 3 N–H and O–H groups in total. The van der Waals surface area contributed by atoms with Crippen molar-refractivity contribution in [3.05, 3.63) is 23.7 Å². The molecule has 0 radical (unpaired) electrons. The van der Waals surface area contributed by atoms with Crippen molar-refractivity contribution in [3.63, 3.8) is 0 Å². The second kappa shape index (κ2) is 6.66. The fourth-order valence-corrected chi connectivity index (χ4v) is 2.63. The van der Waals surface area contributed by atoms with Crippen LogP contribution in [0, 0.1) is 5.92 Å². The van der Waals surface area contributed by atoms with Crippen molar-refractivity contribution in [3.8, 4) is 0 Å². The van der Waals surface area contributed by atoms with E-state index >= 15 is 0 Å². The van der Waals surface area contributed by atoms with E-state index in [2.05, 4.69) is 23.0 Å². The lowest BCUT2D eigenvalue weighted by Gasteiger charge is -2.14. The van der Waals surface area contributed by atoms with Crippen molar-refractivity contribution in [1.82, 2.24) is 9.97 Å². The highest BCUT2D eigenvalue weighted by Gasteiger charge is 2.19. The number of nitrogens with zero attached hydrogens (tertiary/aromatic N) is 2. The molecule has 0 fully saturated rings. The van der Waals surface area contributed by atoms with E-state index in [1.165, 1.54) is 24.7 Å². The van der Waals surface area contributed by atoms with Crippen molar-refractivity contribution in [2.45, 2.75) is 45.4 Å². The molecule has 4 heteroatoms. The minimum Gasteiger partial charge on any atom is -0.396 e. The van der Waals surface area contributed by atoms with Gasteiger partial charge >= 0.3 is 0 Å². The summed E-state index contributed by atoms with van der Waals surface area (Å²) < 4.78 is 0. The Hall–Kier alpha value is -1.42. The zero-order chi connectivity index (χ0) is 13.7. The van der Waals surface area contributed by atoms with E-state index < -0.39 is 0 Å². The van der Waals surface area contributed by atoms with E-state index in [9.17, 15) is 5.11 Å². The van der Waals surface area contributed by atoms with Gasteiger partial charge in [-0.15, -0.1) is 0 Å². The zero-order valence-electron chi connectivity index (χ0n) is 11.6. The van der Waals surface area contributed by atoms with E-state index in [0.717, 1.165) is 36.9 Å². The molecule has 1 aromatic heterocycles. The van der Waals surface area contributed by atoms with Gasteiger partial charge in [0.25, 0.3) is 0 Å². The topological polar surface area (TPSA) is 72.0 Å². The fourth-order valence-electron chi connectivity index (χ4n) is 2.63. The highest BCUT2D eigenvalue weighted by molar-refractivity contribution is 5.73. The van der Waals surface area contributed by atoms with E-state index in [-0.39, 0.29) is 6.61 Å². The number of fused-ring (bicyclic) bond motifs is 1. The molecule has 2 rings (SSSR count). The van der Waals surface area contributed by atoms with E-state index in [0.29, 0.717) is 11.7 Å². The van der Waals surface area contributed by atoms with Gasteiger partial charge in [0.05, 0.1) is 5.69 Å². The van der Waals surface area contributed by atoms with Crippen LogP contribution in [0.5, 0.6) is 0 Å². The van der Waals surface area contributed by atoms with Gasteiger partial charge in [-0.1, -0.05) is 25.8 Å². The molecule has 4 nitrogen and oxygen atoms in total. The first-order valence-corrected chi connectivity index (χ1v) is 7.15. The van der Waals surface area contributed by atoms with E-state index in [4.69, 9.17) is 5.73 Å². The Morgan fingerprint density at radius 2 is 2.21 bits per heavy atom. The number of allylic oxidation sites excluding steroid dienone is 2. The Bertz CT molecular complexity index is 457. The summed E-state index contributed by atoms with van der Waals surface area (Å²) in [5.74, 6) is 1.00. The predicted molar refractivity (Wildman–Crippen MR) is 77.5 cm³/mol. The summed E-state index contributed by atoms with van der Waals surface area (Å²) in [5, 5.41) is 9.40. The Balaban J connectivity index is 1.93. The molecular formula is C15H23N3O. The highest BCUT2D eigenvalue weighted by Crippen LogP contribution is 2.32. The summed E-state index contributed by atoms with van der Waals surface area (Å²) in [5.41, 5.74) is 9.20. The molecule has 1 aromatic rings. The van der Waals surface area contributed by atoms with E-state index in [1.54, 1.807) is 0 Å². The number of nitrogen functional groups attached to an aromatic ring is 1. The van der Waals surface area contributed by atoms with Crippen molar-refractivity contribution in [2.75, 3.05) is 12.3 Å². The Labute approximate surface area is 114 Å². The monoisotopic (exact) mass is 261 g/mol. The van der Waals surface area contributed by atoms with Crippen LogP contribution < -0.4 is 5.73 Å². The molecular weight excluding hydrogens is 238 g/mol. The molecule has 0 unspecified atom stereocenters. The van der Waals surface area contributed by atoms with Crippen molar-refractivity contribution >= 4 is 11.4 Å². The lowest BCUT2D eigenvalue weighted by molar-refractivity contribution is 0.209. The number of anilines is 1. The van der Waals surface area contributed by atoms with Gasteiger partial charge in [-0.2, -0.15) is 0 Å². The highest BCUT2D eigenvalue weighted by atomic mass is 16.3. The molecule has 0 saturated heterocycles. The summed E-state index contributed by atoms with van der Waals surface area (Å²) in [6, 6.07) is 0. The quantitative estimate of drug-likeness (QED) is 0.791. The first kappa shape index (κ1) is 14.0. The largest absolute Gasteiger partial charge is 0.396 e. The normalized spacial score (nSPS) is 15.2. The molecule has 0 spiro atoms. The number of rotatable bonds is 7. The third kappa shape index (κ3) is 3.32. The van der Waals surface area contributed by atoms with Crippen molar-refractivity contribution in [2.24, 2.45) is 5.92 Å². The van der Waals surface area contributed by atoms with Crippen molar-refractivity contribution < 1.29 is 5.11 Å². The number of aliphatic hydroxyl groups excluding tert-OH is 1. The number of unbranched alkanes of at least 4 members (excludes halogenated alkanes) is 1.